The van der Waals surface area contributed by atoms with E-state index in [1.165, 1.54) is 39.0 Å². The largest absolute Gasteiger partial charge is 0.462 e. The van der Waals surface area contributed by atoms with Crippen LogP contribution in [0, 0.1) is 17.3 Å². The van der Waals surface area contributed by atoms with Gasteiger partial charge in [0.25, 0.3) is 0 Å². The number of rotatable bonds is 7. The second-order valence-electron chi connectivity index (χ2n) is 11.1. The Morgan fingerprint density at radius 2 is 1.69 bits per heavy atom. The van der Waals surface area contributed by atoms with Gasteiger partial charge in [-0.3, -0.25) is 19.2 Å². The monoisotopic (exact) mass is 634 g/mol. The van der Waals surface area contributed by atoms with E-state index < -0.39 is 95.2 Å². The normalized spacial score (nSPS) is 39.7. The van der Waals surface area contributed by atoms with Crippen molar-refractivity contribution in [2.75, 3.05) is 18.4 Å². The van der Waals surface area contributed by atoms with E-state index in [-0.39, 0.29) is 18.7 Å². The standard InChI is InChI=1S/C28H36Cl2O12/c1-14-25(35)42-21-10-18(11-29)6-7-19(41-22(34)12-38-15(2)31)26(5)20(39-16(3)32)8-9-27(36,13-30)23(26)24(28(14,21)37)40-17(4)33/h6-7,10,14,19-21,23-24,36-37H,8-9,11-13H2,1-5H3/b7-6-,18-10+/t14-,19-,20-,21-,23+,24-,26-,27-,28-/m0/s1. The second kappa shape index (κ2) is 12.9. The van der Waals surface area contributed by atoms with Gasteiger partial charge < -0.3 is 33.9 Å². The maximum Gasteiger partial charge on any atom is 0.344 e. The van der Waals surface area contributed by atoms with E-state index in [4.69, 9.17) is 46.9 Å². The number of carbonyl (C=O) groups excluding carboxylic acids is 5. The highest BCUT2D eigenvalue weighted by atomic mass is 35.5. The van der Waals surface area contributed by atoms with Gasteiger partial charge in [-0.05, 0) is 37.5 Å². The molecule has 1 aliphatic heterocycles. The number of hydrogen-bond acceptors (Lipinski definition) is 12. The fourth-order valence-corrected chi connectivity index (χ4v) is 6.81. The Morgan fingerprint density at radius 3 is 2.24 bits per heavy atom. The van der Waals surface area contributed by atoms with Crippen LogP contribution in [0.5, 0.6) is 0 Å². The number of halogens is 2. The molecule has 0 aromatic carbocycles. The molecule has 42 heavy (non-hydrogen) atoms. The maximum atomic E-state index is 12.9. The minimum Gasteiger partial charge on any atom is -0.462 e. The van der Waals surface area contributed by atoms with Crippen LogP contribution in [-0.2, 0) is 47.7 Å². The highest BCUT2D eigenvalue weighted by Crippen LogP contribution is 2.57. The molecule has 0 spiro atoms. The van der Waals surface area contributed by atoms with E-state index in [1.807, 2.05) is 0 Å². The van der Waals surface area contributed by atoms with Crippen molar-refractivity contribution in [1.29, 1.82) is 0 Å². The molecule has 2 aliphatic carbocycles. The van der Waals surface area contributed by atoms with E-state index in [0.717, 1.165) is 13.8 Å². The maximum absolute atomic E-state index is 12.9. The molecule has 1 heterocycles. The van der Waals surface area contributed by atoms with Crippen molar-refractivity contribution in [2.24, 2.45) is 17.3 Å². The molecule has 0 aromatic heterocycles. The van der Waals surface area contributed by atoms with Gasteiger partial charge in [-0.1, -0.05) is 13.0 Å². The minimum absolute atomic E-state index is 0.0273. The molecule has 0 radical (unpaired) electrons. The molecular weight excluding hydrogens is 599 g/mol. The van der Waals surface area contributed by atoms with Crippen molar-refractivity contribution in [3.05, 3.63) is 23.8 Å². The zero-order chi connectivity index (χ0) is 31.6. The van der Waals surface area contributed by atoms with Crippen molar-refractivity contribution >= 4 is 53.0 Å². The number of ether oxygens (including phenoxy) is 5. The topological polar surface area (TPSA) is 172 Å². The number of fused-ring (bicyclic) bond motifs is 2. The Labute approximate surface area is 253 Å². The van der Waals surface area contributed by atoms with E-state index in [9.17, 15) is 34.2 Å². The van der Waals surface area contributed by atoms with Gasteiger partial charge in [-0.2, -0.15) is 0 Å². The van der Waals surface area contributed by atoms with Crippen LogP contribution in [0.4, 0.5) is 0 Å². The van der Waals surface area contributed by atoms with E-state index in [2.05, 4.69) is 0 Å². The number of aliphatic hydroxyl groups is 2. The van der Waals surface area contributed by atoms with Crippen LogP contribution < -0.4 is 0 Å². The van der Waals surface area contributed by atoms with Crippen molar-refractivity contribution in [2.45, 2.75) is 83.1 Å². The van der Waals surface area contributed by atoms with Gasteiger partial charge in [-0.15, -0.1) is 23.2 Å². The second-order valence-corrected chi connectivity index (χ2v) is 11.7. The van der Waals surface area contributed by atoms with E-state index in [1.54, 1.807) is 0 Å². The summed E-state index contributed by atoms with van der Waals surface area (Å²) in [6.07, 6.45) is -1.35. The number of esters is 5. The van der Waals surface area contributed by atoms with Gasteiger partial charge in [-0.25, -0.2) is 4.79 Å². The Balaban J connectivity index is 2.40. The van der Waals surface area contributed by atoms with E-state index in [0.29, 0.717) is 5.57 Å². The fourth-order valence-electron chi connectivity index (χ4n) is 6.33. The first kappa shape index (κ1) is 33.8. The lowest BCUT2D eigenvalue weighted by Crippen LogP contribution is -2.71. The molecule has 2 fully saturated rings. The molecule has 1 saturated heterocycles. The summed E-state index contributed by atoms with van der Waals surface area (Å²) in [6, 6.07) is 0. The summed E-state index contributed by atoms with van der Waals surface area (Å²) in [5.41, 5.74) is -5.57. The zero-order valence-corrected chi connectivity index (χ0v) is 25.5. The first-order valence-electron chi connectivity index (χ1n) is 13.4. The molecule has 0 unspecified atom stereocenters. The molecule has 0 aromatic rings. The molecule has 12 nitrogen and oxygen atoms in total. The molecular formula is C28H36Cl2O12. The van der Waals surface area contributed by atoms with Crippen molar-refractivity contribution in [3.63, 3.8) is 0 Å². The van der Waals surface area contributed by atoms with Gasteiger partial charge in [0.1, 0.15) is 18.3 Å². The number of allylic oxidation sites excluding steroid dienone is 2. The van der Waals surface area contributed by atoms with Crippen LogP contribution in [-0.4, -0.2) is 94.0 Å². The van der Waals surface area contributed by atoms with Crippen LogP contribution >= 0.6 is 23.2 Å². The van der Waals surface area contributed by atoms with Gasteiger partial charge >= 0.3 is 29.8 Å². The van der Waals surface area contributed by atoms with E-state index >= 15 is 0 Å². The Bertz CT molecular complexity index is 1170. The quantitative estimate of drug-likeness (QED) is 0.236. The first-order valence-corrected chi connectivity index (χ1v) is 14.4. The lowest BCUT2D eigenvalue weighted by molar-refractivity contribution is -0.261. The highest BCUT2D eigenvalue weighted by molar-refractivity contribution is 6.19. The average Bonchev–Trinajstić information content (AvgIpc) is 3.13. The Morgan fingerprint density at radius 1 is 1.05 bits per heavy atom. The third-order valence-corrected chi connectivity index (χ3v) is 9.16. The summed E-state index contributed by atoms with van der Waals surface area (Å²) in [5, 5.41) is 24.5. The lowest BCUT2D eigenvalue weighted by atomic mass is 9.52. The number of carbonyl (C=O) groups is 5. The van der Waals surface area contributed by atoms with Crippen molar-refractivity contribution in [3.8, 4) is 0 Å². The van der Waals surface area contributed by atoms with Crippen LogP contribution in [0.3, 0.4) is 0 Å². The zero-order valence-electron chi connectivity index (χ0n) is 24.0. The third kappa shape index (κ3) is 6.31. The molecule has 14 heteroatoms. The SMILES string of the molecule is CC(=O)OCC(=O)O[C@H]1/C=C\C(CCl)=C/[C@@H]2OC(=O)[C@H](C)[C@@]2(O)[C@@H](OC(C)=O)[C@H]2[C@@](O)(CCl)CC[C@H](OC(C)=O)[C@]12C. The summed E-state index contributed by atoms with van der Waals surface area (Å²) in [6.45, 7) is 5.52. The van der Waals surface area contributed by atoms with Gasteiger partial charge in [0.05, 0.1) is 22.8 Å². The molecule has 1 saturated carbocycles. The van der Waals surface area contributed by atoms with Crippen LogP contribution in [0.25, 0.3) is 0 Å². The smallest absolute Gasteiger partial charge is 0.344 e. The van der Waals surface area contributed by atoms with Crippen LogP contribution in [0.2, 0.25) is 0 Å². The van der Waals surface area contributed by atoms with Crippen LogP contribution in [0.15, 0.2) is 23.8 Å². The Hall–Kier alpha value is -2.67. The average molecular weight is 635 g/mol. The summed E-state index contributed by atoms with van der Waals surface area (Å²) in [5.74, 6) is -7.39. The minimum atomic E-state index is -2.29. The van der Waals surface area contributed by atoms with Gasteiger partial charge in [0.15, 0.2) is 18.3 Å². The van der Waals surface area contributed by atoms with Gasteiger partial charge in [0, 0.05) is 32.6 Å². The molecule has 3 aliphatic rings. The molecule has 0 amide bonds. The highest BCUT2D eigenvalue weighted by Gasteiger charge is 2.71. The summed E-state index contributed by atoms with van der Waals surface area (Å²) in [7, 11) is 0. The molecule has 3 rings (SSSR count). The van der Waals surface area contributed by atoms with Crippen molar-refractivity contribution < 1.29 is 57.9 Å². The fraction of sp³-hybridized carbons (Fsp3) is 0.679. The predicted molar refractivity (Wildman–Crippen MR) is 146 cm³/mol. The first-order chi connectivity index (χ1) is 19.5. The van der Waals surface area contributed by atoms with Crippen molar-refractivity contribution in [1.82, 2.24) is 0 Å². The van der Waals surface area contributed by atoms with Crippen LogP contribution in [0.1, 0.15) is 47.5 Å². The molecule has 0 bridgehead atoms. The lowest BCUT2D eigenvalue weighted by Gasteiger charge is -2.59. The number of hydrogen-bond donors (Lipinski definition) is 2. The summed E-state index contributed by atoms with van der Waals surface area (Å²) in [4.78, 5) is 62.1. The van der Waals surface area contributed by atoms with Gasteiger partial charge in [0.2, 0.25) is 0 Å². The third-order valence-electron chi connectivity index (χ3n) is 8.39. The molecule has 2 N–H and O–H groups in total. The Kier molecular flexibility index (Phi) is 10.4. The predicted octanol–water partition coefficient (Wildman–Crippen LogP) is 1.74. The summed E-state index contributed by atoms with van der Waals surface area (Å²) >= 11 is 12.6. The number of alkyl halides is 2. The summed E-state index contributed by atoms with van der Waals surface area (Å²) < 4.78 is 27.6. The molecule has 9 atom stereocenters. The molecule has 234 valence electrons.